The molecule has 3 aromatic rings. The predicted octanol–water partition coefficient (Wildman–Crippen LogP) is 3.94. The Morgan fingerprint density at radius 3 is 2.65 bits per heavy atom. The highest BCUT2D eigenvalue weighted by atomic mass is 35.5. The van der Waals surface area contributed by atoms with E-state index in [2.05, 4.69) is 29.2 Å². The number of carbonyl (C=O) groups is 1. The largest absolute Gasteiger partial charge is 0.356 e. The molecule has 1 amide bonds. The van der Waals surface area contributed by atoms with Gasteiger partial charge < -0.3 is 10.2 Å². The Hall–Kier alpha value is -2.32. The number of hydrogen-bond donors (Lipinski definition) is 1. The van der Waals surface area contributed by atoms with Crippen molar-refractivity contribution in [3.8, 4) is 0 Å². The average Bonchev–Trinajstić information content (AvgIpc) is 3.39. The number of rotatable bonds is 8. The number of fused-ring (bicyclic) bond motifs is 1. The van der Waals surface area contributed by atoms with Crippen LogP contribution < -0.4 is 10.2 Å². The molecular formula is C22H27ClN6OS. The van der Waals surface area contributed by atoms with Crippen molar-refractivity contribution in [2.24, 2.45) is 0 Å². The van der Waals surface area contributed by atoms with Gasteiger partial charge in [0.2, 0.25) is 5.91 Å². The van der Waals surface area contributed by atoms with Crippen LogP contribution in [0.15, 0.2) is 35.6 Å². The number of nitrogens with zero attached hydrogens (tertiary/aromatic N) is 5. The van der Waals surface area contributed by atoms with Crippen LogP contribution in [0.25, 0.3) is 11.0 Å². The Morgan fingerprint density at radius 2 is 1.94 bits per heavy atom. The molecule has 7 nitrogen and oxygen atoms in total. The van der Waals surface area contributed by atoms with Crippen molar-refractivity contribution in [3.63, 3.8) is 0 Å². The molecule has 0 saturated carbocycles. The van der Waals surface area contributed by atoms with Crippen molar-refractivity contribution in [3.05, 3.63) is 41.0 Å². The molecule has 2 aromatic heterocycles. The molecule has 164 valence electrons. The fraction of sp³-hybridized carbons (Fsp3) is 0.455. The van der Waals surface area contributed by atoms with Crippen molar-refractivity contribution < 1.29 is 4.79 Å². The predicted molar refractivity (Wildman–Crippen MR) is 126 cm³/mol. The van der Waals surface area contributed by atoms with Crippen LogP contribution >= 0.6 is 23.4 Å². The lowest BCUT2D eigenvalue weighted by atomic mass is 10.1. The molecular weight excluding hydrogens is 432 g/mol. The second-order valence-electron chi connectivity index (χ2n) is 7.95. The van der Waals surface area contributed by atoms with E-state index in [0.29, 0.717) is 29.8 Å². The summed E-state index contributed by atoms with van der Waals surface area (Å²) in [5.74, 6) is 0.950. The van der Waals surface area contributed by atoms with E-state index >= 15 is 0 Å². The maximum Gasteiger partial charge on any atom is 0.224 e. The van der Waals surface area contributed by atoms with E-state index in [1.54, 1.807) is 23.9 Å². The van der Waals surface area contributed by atoms with E-state index in [9.17, 15) is 4.79 Å². The SMILES string of the molecule is CC(C)Sc1nc(N2CCCC2)c2cnn(CCNC(=O)Cc3ccc(Cl)cc3)c2n1. The van der Waals surface area contributed by atoms with Crippen molar-refractivity contribution in [2.45, 2.75) is 50.1 Å². The Bertz CT molecular complexity index is 1050. The number of aromatic nitrogens is 4. The Morgan fingerprint density at radius 1 is 1.19 bits per heavy atom. The average molecular weight is 459 g/mol. The van der Waals surface area contributed by atoms with E-state index in [-0.39, 0.29) is 5.91 Å². The third-order valence-electron chi connectivity index (χ3n) is 5.13. The number of benzene rings is 1. The number of anilines is 1. The molecule has 1 fully saturated rings. The molecule has 1 saturated heterocycles. The molecule has 1 aliphatic heterocycles. The summed E-state index contributed by atoms with van der Waals surface area (Å²) >= 11 is 7.56. The molecule has 0 bridgehead atoms. The first-order chi connectivity index (χ1) is 15.0. The molecule has 1 N–H and O–H groups in total. The number of halogens is 1. The molecule has 0 aliphatic carbocycles. The molecule has 0 spiro atoms. The highest BCUT2D eigenvalue weighted by molar-refractivity contribution is 7.99. The van der Waals surface area contributed by atoms with Gasteiger partial charge in [0, 0.05) is 29.9 Å². The fourth-order valence-electron chi connectivity index (χ4n) is 3.67. The van der Waals surface area contributed by atoms with Crippen LogP contribution in [-0.2, 0) is 17.8 Å². The van der Waals surface area contributed by atoms with Crippen LogP contribution in [-0.4, -0.2) is 50.5 Å². The summed E-state index contributed by atoms with van der Waals surface area (Å²) in [4.78, 5) is 24.2. The zero-order valence-electron chi connectivity index (χ0n) is 17.8. The topological polar surface area (TPSA) is 75.9 Å². The summed E-state index contributed by atoms with van der Waals surface area (Å²) in [6.07, 6.45) is 4.55. The molecule has 0 radical (unpaired) electrons. The first-order valence-electron chi connectivity index (χ1n) is 10.7. The molecule has 4 rings (SSSR count). The standard InChI is InChI=1S/C22H27ClN6OS/c1-15(2)31-22-26-20(28-10-3-4-11-28)18-14-25-29(21(18)27-22)12-9-24-19(30)13-16-5-7-17(23)8-6-16/h5-8,14-15H,3-4,9-13H2,1-2H3,(H,24,30). The monoisotopic (exact) mass is 458 g/mol. The summed E-state index contributed by atoms with van der Waals surface area (Å²) < 4.78 is 1.86. The van der Waals surface area contributed by atoms with E-state index in [0.717, 1.165) is 40.7 Å². The van der Waals surface area contributed by atoms with Crippen LogP contribution in [0, 0.1) is 0 Å². The summed E-state index contributed by atoms with van der Waals surface area (Å²) in [6, 6.07) is 7.33. The second kappa shape index (κ2) is 9.87. The van der Waals surface area contributed by atoms with Gasteiger partial charge in [-0.2, -0.15) is 5.10 Å². The van der Waals surface area contributed by atoms with Crippen molar-refractivity contribution in [1.82, 2.24) is 25.1 Å². The first kappa shape index (κ1) is 21.9. The second-order valence-corrected chi connectivity index (χ2v) is 9.93. The number of nitrogens with one attached hydrogen (secondary N) is 1. The smallest absolute Gasteiger partial charge is 0.224 e. The van der Waals surface area contributed by atoms with Gasteiger partial charge in [0.25, 0.3) is 0 Å². The molecule has 0 unspecified atom stereocenters. The minimum atomic E-state index is -0.0257. The van der Waals surface area contributed by atoms with E-state index in [1.165, 1.54) is 12.8 Å². The molecule has 31 heavy (non-hydrogen) atoms. The fourth-order valence-corrected chi connectivity index (χ4v) is 4.50. The van der Waals surface area contributed by atoms with Crippen LogP contribution in [0.5, 0.6) is 0 Å². The third kappa shape index (κ3) is 5.49. The minimum Gasteiger partial charge on any atom is -0.356 e. The van der Waals surface area contributed by atoms with E-state index in [4.69, 9.17) is 21.6 Å². The quantitative estimate of drug-likeness (QED) is 0.407. The van der Waals surface area contributed by atoms with Crippen molar-refractivity contribution in [2.75, 3.05) is 24.5 Å². The highest BCUT2D eigenvalue weighted by Gasteiger charge is 2.21. The first-order valence-corrected chi connectivity index (χ1v) is 11.9. The van der Waals surface area contributed by atoms with Gasteiger partial charge in [-0.05, 0) is 30.5 Å². The van der Waals surface area contributed by atoms with Gasteiger partial charge in [-0.25, -0.2) is 14.6 Å². The van der Waals surface area contributed by atoms with Crippen LogP contribution in [0.1, 0.15) is 32.3 Å². The zero-order chi connectivity index (χ0) is 21.8. The minimum absolute atomic E-state index is 0.0257. The van der Waals surface area contributed by atoms with Crippen molar-refractivity contribution in [1.29, 1.82) is 0 Å². The Kier molecular flexibility index (Phi) is 6.97. The summed E-state index contributed by atoms with van der Waals surface area (Å²) in [7, 11) is 0. The van der Waals surface area contributed by atoms with Gasteiger partial charge >= 0.3 is 0 Å². The Labute approximate surface area is 191 Å². The summed E-state index contributed by atoms with van der Waals surface area (Å²) in [5, 5.41) is 10.3. The number of carbonyl (C=O) groups excluding carboxylic acids is 1. The third-order valence-corrected chi connectivity index (χ3v) is 6.24. The van der Waals surface area contributed by atoms with Gasteiger partial charge in [-0.1, -0.05) is 49.3 Å². The van der Waals surface area contributed by atoms with Gasteiger partial charge in [-0.15, -0.1) is 0 Å². The maximum absolute atomic E-state index is 12.3. The van der Waals surface area contributed by atoms with Crippen molar-refractivity contribution >= 4 is 46.1 Å². The maximum atomic E-state index is 12.3. The van der Waals surface area contributed by atoms with Gasteiger partial charge in [0.05, 0.1) is 24.5 Å². The number of thioether (sulfide) groups is 1. The molecule has 1 aromatic carbocycles. The molecule has 9 heteroatoms. The summed E-state index contributed by atoms with van der Waals surface area (Å²) in [5.41, 5.74) is 1.76. The lowest BCUT2D eigenvalue weighted by molar-refractivity contribution is -0.120. The summed E-state index contributed by atoms with van der Waals surface area (Å²) in [6.45, 7) is 7.35. The molecule has 1 aliphatic rings. The Balaban J connectivity index is 1.46. The molecule has 3 heterocycles. The van der Waals surface area contributed by atoms with Gasteiger partial charge in [0.1, 0.15) is 5.82 Å². The van der Waals surface area contributed by atoms with Gasteiger partial charge in [0.15, 0.2) is 10.8 Å². The van der Waals surface area contributed by atoms with Gasteiger partial charge in [-0.3, -0.25) is 4.79 Å². The number of hydrogen-bond acceptors (Lipinski definition) is 6. The van der Waals surface area contributed by atoms with Crippen LogP contribution in [0.3, 0.4) is 0 Å². The zero-order valence-corrected chi connectivity index (χ0v) is 19.4. The molecule has 0 atom stereocenters. The lowest BCUT2D eigenvalue weighted by Gasteiger charge is -2.18. The van der Waals surface area contributed by atoms with E-state index < -0.39 is 0 Å². The van der Waals surface area contributed by atoms with Crippen LogP contribution in [0.4, 0.5) is 5.82 Å². The number of amides is 1. The van der Waals surface area contributed by atoms with Crippen LogP contribution in [0.2, 0.25) is 5.02 Å². The highest BCUT2D eigenvalue weighted by Crippen LogP contribution is 2.30. The van der Waals surface area contributed by atoms with E-state index in [1.807, 2.05) is 23.0 Å². The normalized spacial score (nSPS) is 14.0. The lowest BCUT2D eigenvalue weighted by Crippen LogP contribution is -2.29.